The van der Waals surface area contributed by atoms with Gasteiger partial charge in [-0.3, -0.25) is 4.79 Å². The Morgan fingerprint density at radius 3 is 2.79 bits per heavy atom. The number of hydrogen-bond donors (Lipinski definition) is 1. The number of hydrogen-bond acceptors (Lipinski definition) is 4. The molecule has 0 spiro atoms. The van der Waals surface area contributed by atoms with Crippen LogP contribution >= 0.6 is 22.7 Å². The Labute approximate surface area is 149 Å². The van der Waals surface area contributed by atoms with Crippen LogP contribution in [0.1, 0.15) is 25.7 Å². The Morgan fingerprint density at radius 2 is 1.96 bits per heavy atom. The fourth-order valence-corrected chi connectivity index (χ4v) is 4.80. The minimum Gasteiger partial charge on any atom is -0.365 e. The maximum Gasteiger partial charge on any atom is 0.266 e. The van der Waals surface area contributed by atoms with Gasteiger partial charge in [-0.25, -0.2) is 0 Å². The highest BCUT2D eigenvalue weighted by Crippen LogP contribution is 2.32. The molecule has 0 bridgehead atoms. The molecule has 1 amide bonds. The number of carbonyl (C=O) groups is 1. The van der Waals surface area contributed by atoms with Crippen LogP contribution in [0.25, 0.3) is 0 Å². The van der Waals surface area contributed by atoms with E-state index in [1.807, 2.05) is 47.9 Å². The van der Waals surface area contributed by atoms with E-state index in [4.69, 9.17) is 0 Å². The molecule has 122 valence electrons. The van der Waals surface area contributed by atoms with Crippen molar-refractivity contribution in [2.45, 2.75) is 19.9 Å². The Hall–Kier alpha value is -2.11. The number of nitrogens with one attached hydrogen (secondary N) is 1. The summed E-state index contributed by atoms with van der Waals surface area (Å²) in [6, 6.07) is 12.3. The third-order valence-corrected chi connectivity index (χ3v) is 6.41. The van der Waals surface area contributed by atoms with Crippen molar-refractivity contribution in [1.82, 2.24) is 0 Å². The van der Waals surface area contributed by atoms with E-state index in [0.29, 0.717) is 0 Å². The van der Waals surface area contributed by atoms with Crippen molar-refractivity contribution in [1.29, 1.82) is 0 Å². The van der Waals surface area contributed by atoms with Gasteiger partial charge >= 0.3 is 0 Å². The molecule has 0 fully saturated rings. The number of fused-ring (bicyclic) bond motifs is 1. The van der Waals surface area contributed by atoms with Gasteiger partial charge < -0.3 is 10.2 Å². The Bertz CT molecular complexity index is 881. The van der Waals surface area contributed by atoms with E-state index in [2.05, 4.69) is 27.7 Å². The lowest BCUT2D eigenvalue weighted by Crippen LogP contribution is -2.30. The number of para-hydroxylation sites is 2. The van der Waals surface area contributed by atoms with Gasteiger partial charge in [0.25, 0.3) is 5.91 Å². The molecule has 5 heteroatoms. The van der Waals surface area contributed by atoms with Gasteiger partial charge in [0.05, 0.1) is 16.3 Å². The van der Waals surface area contributed by atoms with Gasteiger partial charge in [0.2, 0.25) is 0 Å². The number of amides is 1. The predicted octanol–water partition coefficient (Wildman–Crippen LogP) is 4.93. The van der Waals surface area contributed by atoms with Crippen LogP contribution in [0.2, 0.25) is 0 Å². The van der Waals surface area contributed by atoms with Crippen molar-refractivity contribution in [3.8, 4) is 0 Å². The zero-order valence-corrected chi connectivity index (χ0v) is 15.0. The van der Waals surface area contributed by atoms with Crippen molar-refractivity contribution in [3.05, 3.63) is 68.0 Å². The molecule has 3 nitrogen and oxygen atoms in total. The molecule has 3 aromatic rings. The molecule has 0 unspecified atom stereocenters. The minimum atomic E-state index is -0.0248. The lowest BCUT2D eigenvalue weighted by molar-refractivity contribution is 0.103. The zero-order valence-electron chi connectivity index (χ0n) is 13.4. The first-order valence-electron chi connectivity index (χ1n) is 7.97. The van der Waals surface area contributed by atoms with Crippen molar-refractivity contribution in [2.75, 3.05) is 16.8 Å². The van der Waals surface area contributed by atoms with Crippen LogP contribution in [0.4, 0.5) is 11.4 Å². The number of rotatable bonds is 3. The summed E-state index contributed by atoms with van der Waals surface area (Å²) >= 11 is 3.33. The van der Waals surface area contributed by atoms with E-state index in [0.717, 1.165) is 41.3 Å². The monoisotopic (exact) mass is 354 g/mol. The number of carbonyl (C=O) groups excluding carboxylic acids is 1. The van der Waals surface area contributed by atoms with Crippen LogP contribution in [0, 0.1) is 6.92 Å². The van der Waals surface area contributed by atoms with Gasteiger partial charge in [0.1, 0.15) is 0 Å². The topological polar surface area (TPSA) is 32.3 Å². The fraction of sp³-hybridized carbons (Fsp3) is 0.211. The number of nitrogens with zero attached hydrogens (tertiary/aromatic N) is 1. The molecule has 0 saturated heterocycles. The Morgan fingerprint density at radius 1 is 1.12 bits per heavy atom. The Kier molecular flexibility index (Phi) is 4.12. The van der Waals surface area contributed by atoms with Gasteiger partial charge in [-0.15, -0.1) is 22.7 Å². The van der Waals surface area contributed by atoms with Crippen LogP contribution < -0.4 is 10.2 Å². The van der Waals surface area contributed by atoms with E-state index >= 15 is 0 Å². The predicted molar refractivity (Wildman–Crippen MR) is 103 cm³/mol. The van der Waals surface area contributed by atoms with Crippen LogP contribution in [0.3, 0.4) is 0 Å². The highest BCUT2D eigenvalue weighted by atomic mass is 32.1. The summed E-state index contributed by atoms with van der Waals surface area (Å²) in [7, 11) is 0. The average Bonchev–Trinajstić information content (AvgIpc) is 3.23. The molecule has 1 aliphatic heterocycles. The number of thiophene rings is 2. The molecule has 0 atom stereocenters. The van der Waals surface area contributed by atoms with Gasteiger partial charge in [-0.1, -0.05) is 12.1 Å². The van der Waals surface area contributed by atoms with Gasteiger partial charge in [0.15, 0.2) is 0 Å². The largest absolute Gasteiger partial charge is 0.365 e. The third kappa shape index (κ3) is 2.85. The number of benzene rings is 1. The second-order valence-electron chi connectivity index (χ2n) is 5.94. The van der Waals surface area contributed by atoms with Gasteiger partial charge in [0, 0.05) is 18.0 Å². The van der Waals surface area contributed by atoms with Crippen LogP contribution in [-0.2, 0) is 13.0 Å². The molecular weight excluding hydrogens is 336 g/mol. The quantitative estimate of drug-likeness (QED) is 0.723. The highest BCUT2D eigenvalue weighted by Gasteiger charge is 2.20. The average molecular weight is 355 g/mol. The van der Waals surface area contributed by atoms with Crippen LogP contribution in [-0.4, -0.2) is 12.5 Å². The molecule has 3 heterocycles. The maximum absolute atomic E-state index is 12.6. The third-order valence-electron chi connectivity index (χ3n) is 4.37. The molecule has 1 aliphatic rings. The van der Waals surface area contributed by atoms with Crippen molar-refractivity contribution >= 4 is 40.0 Å². The minimum absolute atomic E-state index is 0.0248. The second kappa shape index (κ2) is 6.42. The maximum atomic E-state index is 12.6. The molecule has 24 heavy (non-hydrogen) atoms. The zero-order chi connectivity index (χ0) is 16.5. The summed E-state index contributed by atoms with van der Waals surface area (Å²) in [5.41, 5.74) is 4.41. The molecular formula is C19H18N2OS2. The summed E-state index contributed by atoms with van der Waals surface area (Å²) in [6.07, 6.45) is 1.07. The number of aryl methyl sites for hydroxylation is 1. The normalized spacial score (nSPS) is 13.6. The summed E-state index contributed by atoms with van der Waals surface area (Å²) in [5.74, 6) is -0.0248. The molecule has 1 N–H and O–H groups in total. The summed E-state index contributed by atoms with van der Waals surface area (Å²) in [5, 5.41) is 7.23. The smallest absolute Gasteiger partial charge is 0.266 e. The number of anilines is 2. The van der Waals surface area contributed by atoms with Crippen LogP contribution in [0.15, 0.2) is 47.2 Å². The second-order valence-corrected chi connectivity index (χ2v) is 7.86. The van der Waals surface area contributed by atoms with Crippen molar-refractivity contribution < 1.29 is 4.79 Å². The van der Waals surface area contributed by atoms with E-state index < -0.39 is 0 Å². The summed E-state index contributed by atoms with van der Waals surface area (Å²) in [6.45, 7) is 3.86. The van der Waals surface area contributed by atoms with E-state index in [1.165, 1.54) is 21.8 Å². The molecule has 0 radical (unpaired) electrons. The molecule has 4 rings (SSSR count). The summed E-state index contributed by atoms with van der Waals surface area (Å²) < 4.78 is 0. The summed E-state index contributed by atoms with van der Waals surface area (Å²) in [4.78, 5) is 17.2. The van der Waals surface area contributed by atoms with E-state index in [9.17, 15) is 4.79 Å². The first-order chi connectivity index (χ1) is 11.7. The first kappa shape index (κ1) is 15.4. The van der Waals surface area contributed by atoms with Gasteiger partial charge in [-0.05, 0) is 59.5 Å². The first-order valence-corrected chi connectivity index (χ1v) is 9.73. The lowest BCUT2D eigenvalue weighted by Gasteiger charge is -2.30. The standard InChI is InChI=1S/C19H18N2OS2/c1-13-7-10-24-18(13)19(22)20-15-4-2-3-5-16(15)21-9-6-17-14(12-21)8-11-23-17/h2-5,7-8,10-11H,6,9,12H2,1H3,(H,20,22). The molecule has 0 saturated carbocycles. The van der Waals surface area contributed by atoms with E-state index in [-0.39, 0.29) is 5.91 Å². The molecule has 0 aliphatic carbocycles. The van der Waals surface area contributed by atoms with Crippen LogP contribution in [0.5, 0.6) is 0 Å². The molecule has 1 aromatic carbocycles. The SMILES string of the molecule is Cc1ccsc1C(=O)Nc1ccccc1N1CCc2sccc2C1. The van der Waals surface area contributed by atoms with E-state index in [1.54, 1.807) is 0 Å². The molecule has 2 aromatic heterocycles. The Balaban J connectivity index is 1.60. The van der Waals surface area contributed by atoms with Crippen molar-refractivity contribution in [2.24, 2.45) is 0 Å². The van der Waals surface area contributed by atoms with Gasteiger partial charge in [-0.2, -0.15) is 0 Å². The van der Waals surface area contributed by atoms with Crippen molar-refractivity contribution in [3.63, 3.8) is 0 Å². The lowest BCUT2D eigenvalue weighted by atomic mass is 10.1. The highest BCUT2D eigenvalue weighted by molar-refractivity contribution is 7.12. The fourth-order valence-electron chi connectivity index (χ4n) is 3.09.